The summed E-state index contributed by atoms with van der Waals surface area (Å²) in [4.78, 5) is 37.5. The molecule has 0 bridgehead atoms. The summed E-state index contributed by atoms with van der Waals surface area (Å²) in [7, 11) is 0. The molecule has 0 unspecified atom stereocenters. The van der Waals surface area contributed by atoms with E-state index in [2.05, 4.69) is 65.6 Å². The number of phenols is 8. The molecule has 0 aromatic heterocycles. The van der Waals surface area contributed by atoms with Gasteiger partial charge in [-0.05, 0) is 189 Å². The molecule has 27 heteroatoms. The molecule has 12 aromatic carbocycles. The molecule has 12 aromatic rings. The van der Waals surface area contributed by atoms with Gasteiger partial charge in [-0.3, -0.25) is 39.9 Å². The van der Waals surface area contributed by atoms with Crippen molar-refractivity contribution in [2.24, 2.45) is 39.9 Å². The summed E-state index contributed by atoms with van der Waals surface area (Å²) in [5.74, 6) is 1.21. The Bertz CT molecular complexity index is 4570. The number of aromatic hydroxyl groups is 8. The monoisotopic (exact) mass is 1690 g/mol. The average Bonchev–Trinajstić information content (AvgIpc) is 0.859. The quantitative estimate of drug-likeness (QED) is 0.0204. The van der Waals surface area contributed by atoms with Crippen molar-refractivity contribution >= 4 is 118 Å². The maximum atomic E-state index is 9.82. The van der Waals surface area contributed by atoms with Gasteiger partial charge in [0.2, 0.25) is 0 Å². The Morgan fingerprint density at radius 2 is 0.354 bits per heavy atom. The van der Waals surface area contributed by atoms with E-state index < -0.39 is 0 Å². The Morgan fingerprint density at radius 1 is 0.221 bits per heavy atom. The van der Waals surface area contributed by atoms with Crippen molar-refractivity contribution in [2.75, 3.05) is 42.6 Å². The molecule has 0 saturated heterocycles. The van der Waals surface area contributed by atoms with Gasteiger partial charge in [0, 0.05) is 185 Å². The van der Waals surface area contributed by atoms with Crippen LogP contribution in [0.25, 0.3) is 0 Å². The minimum Gasteiger partial charge on any atom is -0.507 e. The number of nitrogens with two attached hydrogens (primary N) is 4. The predicted molar refractivity (Wildman–Crippen MR) is 447 cm³/mol. The number of nitrogens with zero attached hydrogens (tertiary/aromatic N) is 9. The Balaban J connectivity index is 0.000000488. The van der Waals surface area contributed by atoms with Gasteiger partial charge in [-0.15, -0.1) is 0 Å². The minimum atomic E-state index is 0. The van der Waals surface area contributed by atoms with E-state index in [1.807, 2.05) is 48.5 Å². The number of nitrogen functional groups attached to an aromatic ring is 4. The summed E-state index contributed by atoms with van der Waals surface area (Å²) in [5, 5.41) is 78.6. The number of hydrogen-bond acceptors (Lipinski definition) is 21. The van der Waals surface area contributed by atoms with Crippen LogP contribution in [0.5, 0.6) is 46.0 Å². The fourth-order valence-electron chi connectivity index (χ4n) is 9.57. The van der Waals surface area contributed by atoms with Crippen LogP contribution in [0.15, 0.2) is 307 Å². The van der Waals surface area contributed by atoms with Crippen molar-refractivity contribution in [3.63, 3.8) is 0 Å². The first-order valence-corrected chi connectivity index (χ1v) is 33.7. The van der Waals surface area contributed by atoms with E-state index >= 15 is 0 Å². The van der Waals surface area contributed by atoms with Crippen LogP contribution in [0, 0.1) is 0 Å². The van der Waals surface area contributed by atoms with Crippen LogP contribution in [0.1, 0.15) is 65.3 Å². The van der Waals surface area contributed by atoms with Gasteiger partial charge in [0.1, 0.15) is 46.0 Å². The van der Waals surface area contributed by atoms with Crippen LogP contribution in [0.3, 0.4) is 0 Å². The van der Waals surface area contributed by atoms with Crippen molar-refractivity contribution in [3.05, 3.63) is 311 Å². The van der Waals surface area contributed by atoms with E-state index in [1.165, 1.54) is 19.6 Å². The second-order valence-corrected chi connectivity index (χ2v) is 23.1. The van der Waals surface area contributed by atoms with Crippen LogP contribution in [0.4, 0.5) is 68.2 Å². The van der Waals surface area contributed by atoms with E-state index in [9.17, 15) is 40.9 Å². The van der Waals surface area contributed by atoms with E-state index in [0.717, 1.165) is 0 Å². The standard InChI is InChI=1S/4C20H17N3O2.C6H15N.4Fe.2H2O/c4*21-16-9-10-17(22-12-14-5-1-3-7-19(14)24)18(11-16)23-13-15-6-2-4-8-20(15)25;1-4-7(5-2)6-3;;;;;;/h4*1-13,24-25H,21H2;4-6H2,1-3H3;;;;;2*1H2. The molecule has 0 spiro atoms. The zero-order valence-electron chi connectivity index (χ0n) is 61.5. The number of benzene rings is 12. The van der Waals surface area contributed by atoms with Gasteiger partial charge in [0.05, 0.1) is 45.5 Å². The molecule has 23 nitrogen and oxygen atoms in total. The maximum absolute atomic E-state index is 9.82. The Hall–Kier alpha value is -12.4. The molecule has 0 aliphatic rings. The first kappa shape index (κ1) is 96.6. The maximum Gasteiger partial charge on any atom is 0.124 e. The largest absolute Gasteiger partial charge is 0.507 e. The van der Waals surface area contributed by atoms with E-state index in [4.69, 9.17) is 22.9 Å². The van der Waals surface area contributed by atoms with Gasteiger partial charge in [-0.1, -0.05) is 118 Å². The molecular weight excluding hydrogens is 1600 g/mol. The molecule has 0 aliphatic heterocycles. The molecule has 0 amide bonds. The normalized spacial score (nSPS) is 10.7. The molecule has 113 heavy (non-hydrogen) atoms. The van der Waals surface area contributed by atoms with Gasteiger partial charge in [-0.25, -0.2) is 0 Å². The summed E-state index contributed by atoms with van der Waals surface area (Å²) in [6, 6.07) is 76.2. The fraction of sp³-hybridized carbons (Fsp3) is 0.0698. The van der Waals surface area contributed by atoms with Crippen LogP contribution in [-0.4, -0.2) is 126 Å². The molecule has 0 saturated carbocycles. The fourth-order valence-corrected chi connectivity index (χ4v) is 9.57. The van der Waals surface area contributed by atoms with Gasteiger partial charge in [-0.2, -0.15) is 0 Å². The number of para-hydroxylation sites is 8. The summed E-state index contributed by atoms with van der Waals surface area (Å²) in [6.07, 6.45) is 12.5. The third kappa shape index (κ3) is 31.5. The van der Waals surface area contributed by atoms with Crippen molar-refractivity contribution < 1.29 is 120 Å². The first-order valence-electron chi connectivity index (χ1n) is 33.7. The molecule has 0 heterocycles. The van der Waals surface area contributed by atoms with Crippen molar-refractivity contribution in [3.8, 4) is 46.0 Å². The molecular formula is C86H87Fe4N13O10. The zero-order chi connectivity index (χ0) is 76.3. The molecule has 20 N–H and O–H groups in total. The SMILES string of the molecule is CCN(CC)CC.Nc1ccc(N=Cc2ccccc2O)c(N=Cc2ccccc2O)c1.Nc1ccc(N=Cc2ccccc2O)c(N=Cc2ccccc2O)c1.Nc1ccc(N=Cc2ccccc2O)c(N=Cc2ccccc2O)c1.Nc1ccc(N=Cc2ccccc2O)c(N=Cc2ccccc2O)c1.O.O.[Fe].[Fe].[Fe].[Fe]. The molecule has 0 aliphatic carbocycles. The molecule has 588 valence electrons. The Morgan fingerprint density at radius 3 is 0.478 bits per heavy atom. The number of aliphatic imine (C=N–C) groups is 8. The molecule has 0 fully saturated rings. The summed E-state index contributed by atoms with van der Waals surface area (Å²) < 4.78 is 0. The third-order valence-corrected chi connectivity index (χ3v) is 15.6. The topological polar surface area (TPSA) is 431 Å². The number of hydrogen-bond donors (Lipinski definition) is 12. The van der Waals surface area contributed by atoms with Crippen LogP contribution in [0.2, 0.25) is 0 Å². The second-order valence-electron chi connectivity index (χ2n) is 23.1. The number of phenolic OH excluding ortho intramolecular Hbond substituents is 8. The zero-order valence-corrected chi connectivity index (χ0v) is 65.9. The average molecular weight is 1690 g/mol. The predicted octanol–water partition coefficient (Wildman–Crippen LogP) is 16.4. The first-order chi connectivity index (χ1) is 51.9. The summed E-state index contributed by atoms with van der Waals surface area (Å²) >= 11 is 0. The van der Waals surface area contributed by atoms with Crippen molar-refractivity contribution in [2.45, 2.75) is 20.8 Å². The molecule has 12 rings (SSSR count). The van der Waals surface area contributed by atoms with Crippen LogP contribution < -0.4 is 22.9 Å². The van der Waals surface area contributed by atoms with Gasteiger partial charge < -0.3 is 79.6 Å². The number of anilines is 4. The van der Waals surface area contributed by atoms with Crippen LogP contribution in [-0.2, 0) is 68.3 Å². The summed E-state index contributed by atoms with van der Waals surface area (Å²) in [5.41, 5.74) is 35.1. The smallest absolute Gasteiger partial charge is 0.124 e. The molecule has 0 atom stereocenters. The Labute approximate surface area is 698 Å². The van der Waals surface area contributed by atoms with Gasteiger partial charge >= 0.3 is 0 Å². The number of rotatable bonds is 19. The van der Waals surface area contributed by atoms with Crippen LogP contribution >= 0.6 is 0 Å². The van der Waals surface area contributed by atoms with Gasteiger partial charge in [0.25, 0.3) is 0 Å². The van der Waals surface area contributed by atoms with E-state index in [-0.39, 0.29) is 125 Å². The second kappa shape index (κ2) is 51.1. The van der Waals surface area contributed by atoms with Gasteiger partial charge in [0.15, 0.2) is 0 Å². The molecule has 0 radical (unpaired) electrons. The minimum absolute atomic E-state index is 0. The Kier molecular flexibility index (Phi) is 43.7. The van der Waals surface area contributed by atoms with E-state index in [1.54, 1.807) is 268 Å². The van der Waals surface area contributed by atoms with Crippen molar-refractivity contribution in [1.29, 1.82) is 0 Å². The van der Waals surface area contributed by atoms with Crippen molar-refractivity contribution in [1.82, 2.24) is 4.90 Å². The van der Waals surface area contributed by atoms with E-state index in [0.29, 0.717) is 113 Å². The summed E-state index contributed by atoms with van der Waals surface area (Å²) in [6.45, 7) is 10.1. The third-order valence-electron chi connectivity index (χ3n) is 15.6.